The number of para-hydroxylation sites is 2. The van der Waals surface area contributed by atoms with Gasteiger partial charge in [-0.3, -0.25) is 4.57 Å². The average molecular weight is 819 g/mol. The van der Waals surface area contributed by atoms with Gasteiger partial charge in [0, 0.05) is 33.9 Å². The summed E-state index contributed by atoms with van der Waals surface area (Å²) >= 11 is 0. The van der Waals surface area contributed by atoms with Crippen molar-refractivity contribution in [2.75, 3.05) is 4.90 Å². The zero-order chi connectivity index (χ0) is 42.7. The molecule has 0 atom stereocenters. The smallest absolute Gasteiger partial charge is 0.168 e. The van der Waals surface area contributed by atoms with Crippen LogP contribution in [0.1, 0.15) is 0 Å². The molecule has 0 spiro atoms. The number of anilines is 3. The highest BCUT2D eigenvalue weighted by molar-refractivity contribution is 5.93. The minimum Gasteiger partial charge on any atom is -0.311 e. The first-order valence-corrected chi connectivity index (χ1v) is 21.7. The van der Waals surface area contributed by atoms with E-state index >= 15 is 0 Å². The number of nitrogens with zero attached hydrogens (tertiary/aromatic N) is 4. The number of fused-ring (bicyclic) bond motifs is 1. The van der Waals surface area contributed by atoms with E-state index in [1.54, 1.807) is 0 Å². The van der Waals surface area contributed by atoms with Gasteiger partial charge in [0.05, 0.1) is 0 Å². The Morgan fingerprint density at radius 2 is 0.656 bits per heavy atom. The first kappa shape index (κ1) is 38.3. The van der Waals surface area contributed by atoms with Crippen molar-refractivity contribution in [3.63, 3.8) is 0 Å². The summed E-state index contributed by atoms with van der Waals surface area (Å²) in [5.74, 6) is 1.60. The van der Waals surface area contributed by atoms with E-state index in [1.165, 1.54) is 38.6 Å². The number of rotatable bonds is 10. The minimum atomic E-state index is 0.794. The number of aromatic nitrogens is 3. The fourth-order valence-electron chi connectivity index (χ4n) is 8.79. The second kappa shape index (κ2) is 17.0. The summed E-state index contributed by atoms with van der Waals surface area (Å²) in [5.41, 5.74) is 15.7. The summed E-state index contributed by atoms with van der Waals surface area (Å²) in [4.78, 5) is 2.32. The van der Waals surface area contributed by atoms with E-state index < -0.39 is 0 Å². The van der Waals surface area contributed by atoms with Gasteiger partial charge in [0.2, 0.25) is 0 Å². The Kier molecular flexibility index (Phi) is 10.2. The molecule has 0 amide bonds. The monoisotopic (exact) mass is 818 g/mol. The fraction of sp³-hybridized carbons (Fsp3) is 0. The second-order valence-corrected chi connectivity index (χ2v) is 15.9. The van der Waals surface area contributed by atoms with E-state index in [2.05, 4.69) is 233 Å². The molecule has 0 saturated heterocycles. The van der Waals surface area contributed by atoms with Gasteiger partial charge in [0.1, 0.15) is 0 Å². The standard InChI is InChI=1S/C60H42N4/c1-4-17-47(18-5-1)59-61-62-60(64(59)52-22-8-3-9-23-52)48-31-29-45(30-32-48)55-24-12-14-26-57(55)58-27-15-13-25-56(58)46-36-40-54(41-37-46)63(51-20-6-2-7-21-51)53-38-34-44(35-39-53)50-33-28-43-16-10-11-19-49(43)42-50/h1-42H. The highest BCUT2D eigenvalue weighted by atomic mass is 15.3. The molecule has 64 heavy (non-hydrogen) atoms. The molecule has 11 aromatic rings. The van der Waals surface area contributed by atoms with Crippen LogP contribution >= 0.6 is 0 Å². The summed E-state index contributed by atoms with van der Waals surface area (Å²) in [6.45, 7) is 0. The summed E-state index contributed by atoms with van der Waals surface area (Å²) in [6, 6.07) is 90.3. The second-order valence-electron chi connectivity index (χ2n) is 15.9. The van der Waals surface area contributed by atoms with Crippen molar-refractivity contribution in [2.24, 2.45) is 0 Å². The topological polar surface area (TPSA) is 34.0 Å². The minimum absolute atomic E-state index is 0.794. The van der Waals surface area contributed by atoms with E-state index in [0.29, 0.717) is 0 Å². The molecular formula is C60H42N4. The number of benzene rings is 10. The lowest BCUT2D eigenvalue weighted by molar-refractivity contribution is 1.07. The molecule has 1 heterocycles. The van der Waals surface area contributed by atoms with Gasteiger partial charge in [-0.25, -0.2) is 0 Å². The molecule has 1 aromatic heterocycles. The predicted octanol–water partition coefficient (Wildman–Crippen LogP) is 15.9. The third-order valence-corrected chi connectivity index (χ3v) is 12.0. The van der Waals surface area contributed by atoms with E-state index in [1.807, 2.05) is 36.4 Å². The lowest BCUT2D eigenvalue weighted by atomic mass is 9.89. The quantitative estimate of drug-likeness (QED) is 0.138. The maximum atomic E-state index is 4.74. The van der Waals surface area contributed by atoms with Crippen LogP contribution in [-0.4, -0.2) is 14.8 Å². The van der Waals surface area contributed by atoms with E-state index in [4.69, 9.17) is 5.10 Å². The Bertz CT molecular complexity index is 3340. The van der Waals surface area contributed by atoms with Crippen LogP contribution in [0.25, 0.3) is 83.7 Å². The Hall–Kier alpha value is -8.60. The molecule has 0 saturated carbocycles. The Balaban J connectivity index is 0.910. The molecule has 4 nitrogen and oxygen atoms in total. The largest absolute Gasteiger partial charge is 0.311 e. The van der Waals surface area contributed by atoms with Crippen LogP contribution in [0.15, 0.2) is 255 Å². The van der Waals surface area contributed by atoms with Gasteiger partial charge >= 0.3 is 0 Å². The molecule has 4 heteroatoms. The molecule has 0 N–H and O–H groups in total. The van der Waals surface area contributed by atoms with Crippen LogP contribution in [0.5, 0.6) is 0 Å². The first-order chi connectivity index (χ1) is 31.7. The molecular weight excluding hydrogens is 777 g/mol. The molecule has 0 fully saturated rings. The molecule has 0 aliphatic heterocycles. The van der Waals surface area contributed by atoms with Crippen LogP contribution in [0.3, 0.4) is 0 Å². The van der Waals surface area contributed by atoms with Gasteiger partial charge in [-0.1, -0.05) is 200 Å². The van der Waals surface area contributed by atoms with Crippen LogP contribution in [0.4, 0.5) is 17.1 Å². The highest BCUT2D eigenvalue weighted by Gasteiger charge is 2.19. The predicted molar refractivity (Wildman–Crippen MR) is 266 cm³/mol. The summed E-state index contributed by atoms with van der Waals surface area (Å²) in [5, 5.41) is 11.9. The third kappa shape index (κ3) is 7.44. The van der Waals surface area contributed by atoms with Gasteiger partial charge in [0.15, 0.2) is 11.6 Å². The van der Waals surface area contributed by atoms with Gasteiger partial charge in [-0.15, -0.1) is 10.2 Å². The van der Waals surface area contributed by atoms with Gasteiger partial charge in [-0.05, 0) is 110 Å². The maximum absolute atomic E-state index is 4.74. The van der Waals surface area contributed by atoms with Crippen molar-refractivity contribution < 1.29 is 0 Å². The number of hydrogen-bond acceptors (Lipinski definition) is 3. The summed E-state index contributed by atoms with van der Waals surface area (Å²) < 4.78 is 2.14. The molecule has 0 aliphatic carbocycles. The van der Waals surface area contributed by atoms with Crippen LogP contribution in [0.2, 0.25) is 0 Å². The van der Waals surface area contributed by atoms with Crippen molar-refractivity contribution in [3.8, 4) is 73.0 Å². The third-order valence-electron chi connectivity index (χ3n) is 12.0. The summed E-state index contributed by atoms with van der Waals surface area (Å²) in [7, 11) is 0. The van der Waals surface area contributed by atoms with E-state index in [-0.39, 0.29) is 0 Å². The average Bonchev–Trinajstić information content (AvgIpc) is 3.83. The normalized spacial score (nSPS) is 11.1. The van der Waals surface area contributed by atoms with E-state index in [0.717, 1.165) is 62.2 Å². The lowest BCUT2D eigenvalue weighted by Crippen LogP contribution is -2.09. The maximum Gasteiger partial charge on any atom is 0.168 e. The van der Waals surface area contributed by atoms with Crippen molar-refractivity contribution in [3.05, 3.63) is 255 Å². The van der Waals surface area contributed by atoms with Crippen LogP contribution in [-0.2, 0) is 0 Å². The van der Waals surface area contributed by atoms with Gasteiger partial charge in [-0.2, -0.15) is 0 Å². The van der Waals surface area contributed by atoms with Crippen molar-refractivity contribution in [2.45, 2.75) is 0 Å². The molecule has 0 unspecified atom stereocenters. The fourth-order valence-corrected chi connectivity index (χ4v) is 8.79. The summed E-state index contributed by atoms with van der Waals surface area (Å²) in [6.07, 6.45) is 0. The molecule has 0 bridgehead atoms. The van der Waals surface area contributed by atoms with Crippen LogP contribution < -0.4 is 4.90 Å². The van der Waals surface area contributed by atoms with Crippen molar-refractivity contribution in [1.29, 1.82) is 0 Å². The molecule has 0 aliphatic rings. The van der Waals surface area contributed by atoms with Crippen molar-refractivity contribution in [1.82, 2.24) is 14.8 Å². The molecule has 10 aromatic carbocycles. The Morgan fingerprint density at radius 1 is 0.266 bits per heavy atom. The molecule has 11 rings (SSSR count). The molecule has 0 radical (unpaired) electrons. The first-order valence-electron chi connectivity index (χ1n) is 21.7. The van der Waals surface area contributed by atoms with Crippen LogP contribution in [0, 0.1) is 0 Å². The lowest BCUT2D eigenvalue weighted by Gasteiger charge is -2.26. The zero-order valence-electron chi connectivity index (χ0n) is 35.0. The van der Waals surface area contributed by atoms with E-state index in [9.17, 15) is 0 Å². The Labute approximate surface area is 373 Å². The SMILES string of the molecule is c1ccc(-c2nnc(-c3ccc(-c4ccccc4-c4ccccc4-c4ccc(N(c5ccccc5)c5ccc(-c6ccc7ccccc7c6)cc5)cc4)cc3)n2-c2ccccc2)cc1. The van der Waals surface area contributed by atoms with Crippen molar-refractivity contribution >= 4 is 27.8 Å². The number of hydrogen-bond donors (Lipinski definition) is 0. The van der Waals surface area contributed by atoms with Gasteiger partial charge < -0.3 is 4.90 Å². The highest BCUT2D eigenvalue weighted by Crippen LogP contribution is 2.41. The molecule has 302 valence electrons. The Morgan fingerprint density at radius 3 is 1.23 bits per heavy atom. The zero-order valence-corrected chi connectivity index (χ0v) is 35.0. The van der Waals surface area contributed by atoms with Gasteiger partial charge in [0.25, 0.3) is 0 Å².